The van der Waals surface area contributed by atoms with Crippen molar-refractivity contribution < 1.29 is 4.79 Å². The molecule has 1 aromatic heterocycles. The predicted octanol–water partition coefficient (Wildman–Crippen LogP) is 4.49. The summed E-state index contributed by atoms with van der Waals surface area (Å²) in [4.78, 5) is 16.6. The summed E-state index contributed by atoms with van der Waals surface area (Å²) in [6.07, 6.45) is 0. The number of anilines is 2. The van der Waals surface area contributed by atoms with Crippen LogP contribution in [0.2, 0.25) is 5.02 Å². The first-order valence-electron chi connectivity index (χ1n) is 6.48. The third-order valence-electron chi connectivity index (χ3n) is 2.75. The monoisotopic (exact) mass is 367 g/mol. The molecule has 2 N–H and O–H groups in total. The van der Waals surface area contributed by atoms with Gasteiger partial charge in [0.15, 0.2) is 0 Å². The number of hydrogen-bond donors (Lipinski definition) is 2. The van der Waals surface area contributed by atoms with Crippen LogP contribution in [0.5, 0.6) is 0 Å². The molecule has 0 aliphatic heterocycles. The van der Waals surface area contributed by atoms with Crippen molar-refractivity contribution in [2.75, 3.05) is 17.2 Å². The first-order chi connectivity index (χ1) is 9.99. The maximum Gasteiger partial charge on any atom is 0.255 e. The Hall–Kier alpha value is -1.59. The molecule has 0 unspecified atom stereocenters. The molecule has 0 saturated carbocycles. The molecular weight excluding hydrogens is 354 g/mol. The van der Waals surface area contributed by atoms with Crippen LogP contribution >= 0.6 is 27.5 Å². The Morgan fingerprint density at radius 1 is 1.33 bits per heavy atom. The molecule has 21 heavy (non-hydrogen) atoms. The maximum absolute atomic E-state index is 12.3. The van der Waals surface area contributed by atoms with Crippen molar-refractivity contribution in [2.24, 2.45) is 0 Å². The lowest BCUT2D eigenvalue weighted by atomic mass is 10.2. The Balaban J connectivity index is 2.21. The minimum absolute atomic E-state index is 0.196. The molecule has 0 spiro atoms. The number of nitrogens with one attached hydrogen (secondary N) is 2. The smallest absolute Gasteiger partial charge is 0.255 e. The number of amides is 1. The average Bonchev–Trinajstić information content (AvgIpc) is 2.42. The number of nitrogens with zero attached hydrogens (tertiary/aromatic N) is 1. The molecule has 0 aliphatic rings. The summed E-state index contributed by atoms with van der Waals surface area (Å²) in [5.74, 6) is 0.495. The number of pyridine rings is 1. The van der Waals surface area contributed by atoms with Gasteiger partial charge in [-0.2, -0.15) is 0 Å². The van der Waals surface area contributed by atoms with E-state index in [0.29, 0.717) is 22.1 Å². The maximum atomic E-state index is 12.3. The van der Waals surface area contributed by atoms with E-state index in [1.807, 2.05) is 13.8 Å². The second-order valence-corrected chi connectivity index (χ2v) is 5.76. The number of benzene rings is 1. The van der Waals surface area contributed by atoms with Gasteiger partial charge >= 0.3 is 0 Å². The number of hydrogen-bond acceptors (Lipinski definition) is 3. The number of halogens is 2. The molecule has 0 aliphatic carbocycles. The quantitative estimate of drug-likeness (QED) is 0.836. The highest BCUT2D eigenvalue weighted by atomic mass is 79.9. The van der Waals surface area contributed by atoms with Crippen molar-refractivity contribution in [2.45, 2.75) is 13.8 Å². The summed E-state index contributed by atoms with van der Waals surface area (Å²) in [6.45, 7) is 4.58. The number of carbonyl (C=O) groups excluding carboxylic acids is 1. The number of aromatic nitrogens is 1. The van der Waals surface area contributed by atoms with Crippen LogP contribution in [0.1, 0.15) is 23.0 Å². The fourth-order valence-corrected chi connectivity index (χ4v) is 2.28. The van der Waals surface area contributed by atoms with Crippen LogP contribution in [-0.2, 0) is 0 Å². The van der Waals surface area contributed by atoms with Crippen LogP contribution in [0.3, 0.4) is 0 Å². The standard InChI is InChI=1S/C15H15BrClN3O/c1-3-18-14-7-10(6-9(2)19-14)15(21)20-11-4-5-12(16)13(17)8-11/h4-8H,3H2,1-2H3,(H,18,19)(H,20,21). The Kier molecular flexibility index (Phi) is 5.20. The van der Waals surface area contributed by atoms with Gasteiger partial charge in [-0.25, -0.2) is 4.98 Å². The number of rotatable bonds is 4. The molecule has 0 saturated heterocycles. The lowest BCUT2D eigenvalue weighted by Gasteiger charge is -2.09. The summed E-state index contributed by atoms with van der Waals surface area (Å²) < 4.78 is 0.788. The predicted molar refractivity (Wildman–Crippen MR) is 90.2 cm³/mol. The van der Waals surface area contributed by atoms with Gasteiger partial charge in [-0.1, -0.05) is 11.6 Å². The van der Waals surface area contributed by atoms with E-state index in [9.17, 15) is 4.79 Å². The minimum atomic E-state index is -0.196. The Morgan fingerprint density at radius 2 is 2.10 bits per heavy atom. The molecule has 1 aromatic carbocycles. The molecule has 0 fully saturated rings. The minimum Gasteiger partial charge on any atom is -0.370 e. The van der Waals surface area contributed by atoms with Crippen molar-refractivity contribution in [1.29, 1.82) is 0 Å². The van der Waals surface area contributed by atoms with Crippen LogP contribution in [0.15, 0.2) is 34.8 Å². The SMILES string of the molecule is CCNc1cc(C(=O)Nc2ccc(Br)c(Cl)c2)cc(C)n1. The van der Waals surface area contributed by atoms with E-state index in [0.717, 1.165) is 16.7 Å². The Morgan fingerprint density at radius 3 is 2.76 bits per heavy atom. The van der Waals surface area contributed by atoms with E-state index in [1.165, 1.54) is 0 Å². The van der Waals surface area contributed by atoms with Gasteiger partial charge < -0.3 is 10.6 Å². The number of aryl methyl sites for hydroxylation is 1. The van der Waals surface area contributed by atoms with E-state index in [1.54, 1.807) is 30.3 Å². The van der Waals surface area contributed by atoms with Gasteiger partial charge in [0.05, 0.1) is 5.02 Å². The van der Waals surface area contributed by atoms with E-state index in [4.69, 9.17) is 11.6 Å². The molecule has 2 rings (SSSR count). The molecule has 4 nitrogen and oxygen atoms in total. The van der Waals surface area contributed by atoms with Crippen molar-refractivity contribution in [3.05, 3.63) is 51.1 Å². The summed E-state index contributed by atoms with van der Waals surface area (Å²) in [7, 11) is 0. The zero-order valence-electron chi connectivity index (χ0n) is 11.7. The molecular formula is C15H15BrClN3O. The second kappa shape index (κ2) is 6.91. The van der Waals surface area contributed by atoms with E-state index >= 15 is 0 Å². The third kappa shape index (κ3) is 4.19. The lowest BCUT2D eigenvalue weighted by molar-refractivity contribution is 0.102. The highest BCUT2D eigenvalue weighted by molar-refractivity contribution is 9.10. The second-order valence-electron chi connectivity index (χ2n) is 4.50. The average molecular weight is 369 g/mol. The van der Waals surface area contributed by atoms with Gasteiger partial charge in [-0.3, -0.25) is 4.79 Å². The molecule has 1 amide bonds. The van der Waals surface area contributed by atoms with Crippen molar-refractivity contribution in [3.63, 3.8) is 0 Å². The summed E-state index contributed by atoms with van der Waals surface area (Å²) in [6, 6.07) is 8.75. The number of carbonyl (C=O) groups is 1. The van der Waals surface area contributed by atoms with Gasteiger partial charge in [-0.15, -0.1) is 0 Å². The molecule has 1 heterocycles. The van der Waals surface area contributed by atoms with Crippen LogP contribution in [0, 0.1) is 6.92 Å². The molecule has 6 heteroatoms. The van der Waals surface area contributed by atoms with E-state index in [2.05, 4.69) is 31.5 Å². The first kappa shape index (κ1) is 15.8. The Bertz CT molecular complexity index is 676. The van der Waals surface area contributed by atoms with Crippen molar-refractivity contribution in [3.8, 4) is 0 Å². The summed E-state index contributed by atoms with van der Waals surface area (Å²) in [5, 5.41) is 6.48. The van der Waals surface area contributed by atoms with Crippen LogP contribution in [0.25, 0.3) is 0 Å². The van der Waals surface area contributed by atoms with Crippen LogP contribution in [0.4, 0.5) is 11.5 Å². The highest BCUT2D eigenvalue weighted by Crippen LogP contribution is 2.25. The van der Waals surface area contributed by atoms with Crippen LogP contribution in [-0.4, -0.2) is 17.4 Å². The molecule has 2 aromatic rings. The van der Waals surface area contributed by atoms with Crippen LogP contribution < -0.4 is 10.6 Å². The van der Waals surface area contributed by atoms with E-state index in [-0.39, 0.29) is 5.91 Å². The molecule has 0 bridgehead atoms. The highest BCUT2D eigenvalue weighted by Gasteiger charge is 2.10. The van der Waals surface area contributed by atoms with Gasteiger partial charge in [-0.05, 0) is 60.1 Å². The van der Waals surface area contributed by atoms with E-state index < -0.39 is 0 Å². The zero-order chi connectivity index (χ0) is 15.4. The van der Waals surface area contributed by atoms with Gasteiger partial charge in [0.1, 0.15) is 5.82 Å². The third-order valence-corrected chi connectivity index (χ3v) is 3.98. The normalized spacial score (nSPS) is 10.3. The fourth-order valence-electron chi connectivity index (χ4n) is 1.85. The first-order valence-corrected chi connectivity index (χ1v) is 7.65. The van der Waals surface area contributed by atoms with Crippen molar-refractivity contribution >= 4 is 44.9 Å². The molecule has 0 atom stereocenters. The zero-order valence-corrected chi connectivity index (χ0v) is 14.0. The lowest BCUT2D eigenvalue weighted by Crippen LogP contribution is -2.13. The summed E-state index contributed by atoms with van der Waals surface area (Å²) in [5.41, 5.74) is 1.98. The topological polar surface area (TPSA) is 54.0 Å². The van der Waals surface area contributed by atoms with Crippen molar-refractivity contribution in [1.82, 2.24) is 4.98 Å². The fraction of sp³-hybridized carbons (Fsp3) is 0.200. The van der Waals surface area contributed by atoms with Gasteiger partial charge in [0.2, 0.25) is 0 Å². The molecule has 0 radical (unpaired) electrons. The summed E-state index contributed by atoms with van der Waals surface area (Å²) >= 11 is 9.33. The van der Waals surface area contributed by atoms with Gasteiger partial charge in [0.25, 0.3) is 5.91 Å². The largest absolute Gasteiger partial charge is 0.370 e. The Labute approximate surface area is 137 Å². The molecule has 110 valence electrons. The van der Waals surface area contributed by atoms with Gasteiger partial charge in [0, 0.05) is 28.0 Å².